The number of halogens is 2. The Hall–Kier alpha value is -2.66. The van der Waals surface area contributed by atoms with Crippen molar-refractivity contribution in [3.63, 3.8) is 0 Å². The van der Waals surface area contributed by atoms with Crippen molar-refractivity contribution in [2.24, 2.45) is 0 Å². The fourth-order valence-electron chi connectivity index (χ4n) is 2.16. The molecule has 0 saturated heterocycles. The molecule has 23 heavy (non-hydrogen) atoms. The second-order valence-corrected chi connectivity index (χ2v) is 5.28. The summed E-state index contributed by atoms with van der Waals surface area (Å²) in [6.45, 7) is 0. The van der Waals surface area contributed by atoms with Gasteiger partial charge in [-0.2, -0.15) is 0 Å². The Morgan fingerprint density at radius 1 is 1.26 bits per heavy atom. The van der Waals surface area contributed by atoms with Crippen LogP contribution in [0.25, 0.3) is 11.3 Å². The summed E-state index contributed by atoms with van der Waals surface area (Å²) in [6.07, 6.45) is 2.77. The van der Waals surface area contributed by atoms with Gasteiger partial charge >= 0.3 is 0 Å². The Kier molecular flexibility index (Phi) is 4.39. The van der Waals surface area contributed by atoms with E-state index >= 15 is 0 Å². The summed E-state index contributed by atoms with van der Waals surface area (Å²) in [5.74, 6) is -0.446. The molecular formula is C17H12ClFN2O2. The van der Waals surface area contributed by atoms with Crippen molar-refractivity contribution in [2.45, 2.75) is 6.42 Å². The van der Waals surface area contributed by atoms with Gasteiger partial charge in [-0.15, -0.1) is 0 Å². The molecule has 0 fully saturated rings. The number of nitrogens with one attached hydrogen (secondary N) is 1. The van der Waals surface area contributed by atoms with Gasteiger partial charge in [0, 0.05) is 10.7 Å². The number of anilines is 1. The fraction of sp³-hybridized carbons (Fsp3) is 0.0588. The van der Waals surface area contributed by atoms with Gasteiger partial charge in [0.1, 0.15) is 5.82 Å². The monoisotopic (exact) mass is 330 g/mol. The number of nitrogens with zero attached hydrogens (tertiary/aromatic N) is 1. The van der Waals surface area contributed by atoms with Crippen LogP contribution < -0.4 is 5.32 Å². The molecule has 2 aromatic carbocycles. The van der Waals surface area contributed by atoms with Crippen LogP contribution in [0.4, 0.5) is 10.1 Å². The molecule has 0 radical (unpaired) electrons. The third-order valence-corrected chi connectivity index (χ3v) is 3.63. The van der Waals surface area contributed by atoms with Crippen LogP contribution in [0.2, 0.25) is 5.02 Å². The van der Waals surface area contributed by atoms with E-state index in [2.05, 4.69) is 10.3 Å². The first-order valence-corrected chi connectivity index (χ1v) is 7.23. The second kappa shape index (κ2) is 6.62. The summed E-state index contributed by atoms with van der Waals surface area (Å²) in [5.41, 5.74) is 1.36. The predicted molar refractivity (Wildman–Crippen MR) is 85.7 cm³/mol. The molecule has 0 saturated carbocycles. The lowest BCUT2D eigenvalue weighted by atomic mass is 10.1. The number of carbonyl (C=O) groups excluding carboxylic acids is 1. The molecule has 3 rings (SSSR count). The quantitative estimate of drug-likeness (QED) is 0.775. The molecule has 1 N–H and O–H groups in total. The number of rotatable bonds is 4. The molecule has 0 aliphatic rings. The number of hydrogen-bond donors (Lipinski definition) is 1. The SMILES string of the molecule is O=C(Cc1ccccc1Cl)Nc1ccc(-c2cnco2)c(F)c1. The lowest BCUT2D eigenvalue weighted by Gasteiger charge is -2.08. The maximum absolute atomic E-state index is 14.1. The van der Waals surface area contributed by atoms with Gasteiger partial charge in [0.15, 0.2) is 12.2 Å². The molecule has 0 atom stereocenters. The summed E-state index contributed by atoms with van der Waals surface area (Å²) in [6, 6.07) is 11.5. The number of benzene rings is 2. The number of oxazole rings is 1. The largest absolute Gasteiger partial charge is 0.443 e. The highest BCUT2D eigenvalue weighted by atomic mass is 35.5. The standard InChI is InChI=1S/C17H12ClFN2O2/c18-14-4-2-1-3-11(14)7-17(22)21-12-5-6-13(15(19)8-12)16-9-20-10-23-16/h1-6,8-10H,7H2,(H,21,22). The predicted octanol–water partition coefficient (Wildman–Crippen LogP) is 4.32. The van der Waals surface area contributed by atoms with Gasteiger partial charge < -0.3 is 9.73 Å². The Morgan fingerprint density at radius 3 is 2.78 bits per heavy atom. The molecular weight excluding hydrogens is 319 g/mol. The third kappa shape index (κ3) is 3.57. The van der Waals surface area contributed by atoms with E-state index in [4.69, 9.17) is 16.0 Å². The van der Waals surface area contributed by atoms with Gasteiger partial charge in [0.05, 0.1) is 18.2 Å². The normalized spacial score (nSPS) is 10.5. The van der Waals surface area contributed by atoms with Gasteiger partial charge in [-0.1, -0.05) is 29.8 Å². The maximum atomic E-state index is 14.1. The molecule has 0 aliphatic heterocycles. The van der Waals surface area contributed by atoms with E-state index in [1.807, 2.05) is 0 Å². The summed E-state index contributed by atoms with van der Waals surface area (Å²) >= 11 is 6.02. The van der Waals surface area contributed by atoms with Gasteiger partial charge in [-0.3, -0.25) is 4.79 Å². The molecule has 0 bridgehead atoms. The molecule has 3 aromatic rings. The molecule has 1 heterocycles. The molecule has 4 nitrogen and oxygen atoms in total. The zero-order chi connectivity index (χ0) is 16.2. The average molecular weight is 331 g/mol. The molecule has 0 unspecified atom stereocenters. The van der Waals surface area contributed by atoms with Crippen LogP contribution in [0.5, 0.6) is 0 Å². The first-order valence-electron chi connectivity index (χ1n) is 6.85. The average Bonchev–Trinajstić information content (AvgIpc) is 3.04. The summed E-state index contributed by atoms with van der Waals surface area (Å²) in [7, 11) is 0. The van der Waals surface area contributed by atoms with E-state index < -0.39 is 5.82 Å². The molecule has 6 heteroatoms. The van der Waals surface area contributed by atoms with Crippen LogP contribution in [0.15, 0.2) is 59.5 Å². The van der Waals surface area contributed by atoms with Crippen molar-refractivity contribution >= 4 is 23.2 Å². The number of carbonyl (C=O) groups is 1. The second-order valence-electron chi connectivity index (χ2n) is 4.88. The van der Waals surface area contributed by atoms with Crippen LogP contribution >= 0.6 is 11.6 Å². The fourth-order valence-corrected chi connectivity index (χ4v) is 2.36. The van der Waals surface area contributed by atoms with Gasteiger partial charge in [-0.05, 0) is 29.8 Å². The Bertz CT molecular complexity index is 834. The molecule has 0 spiro atoms. The zero-order valence-corrected chi connectivity index (χ0v) is 12.7. The summed E-state index contributed by atoms with van der Waals surface area (Å²) in [4.78, 5) is 15.8. The van der Waals surface area contributed by atoms with Crippen molar-refractivity contribution in [1.29, 1.82) is 0 Å². The van der Waals surface area contributed by atoms with E-state index in [9.17, 15) is 9.18 Å². The van der Waals surface area contributed by atoms with Crippen molar-refractivity contribution in [3.05, 3.63) is 71.5 Å². The van der Waals surface area contributed by atoms with E-state index in [1.54, 1.807) is 30.3 Å². The van der Waals surface area contributed by atoms with Crippen LogP contribution in [-0.2, 0) is 11.2 Å². The number of aromatic nitrogens is 1. The molecule has 116 valence electrons. The Morgan fingerprint density at radius 2 is 2.09 bits per heavy atom. The van der Waals surface area contributed by atoms with E-state index in [1.165, 1.54) is 24.7 Å². The lowest BCUT2D eigenvalue weighted by Crippen LogP contribution is -2.14. The third-order valence-electron chi connectivity index (χ3n) is 3.26. The number of hydrogen-bond acceptors (Lipinski definition) is 3. The molecule has 0 aliphatic carbocycles. The van der Waals surface area contributed by atoms with Crippen molar-refractivity contribution < 1.29 is 13.6 Å². The van der Waals surface area contributed by atoms with Crippen LogP contribution in [-0.4, -0.2) is 10.9 Å². The van der Waals surface area contributed by atoms with E-state index in [0.29, 0.717) is 22.0 Å². The topological polar surface area (TPSA) is 55.1 Å². The Labute approximate surface area is 136 Å². The lowest BCUT2D eigenvalue weighted by molar-refractivity contribution is -0.115. The highest BCUT2D eigenvalue weighted by Gasteiger charge is 2.11. The highest BCUT2D eigenvalue weighted by Crippen LogP contribution is 2.25. The summed E-state index contributed by atoms with van der Waals surface area (Å²) < 4.78 is 19.2. The van der Waals surface area contributed by atoms with Crippen LogP contribution in [0, 0.1) is 5.82 Å². The highest BCUT2D eigenvalue weighted by molar-refractivity contribution is 6.31. The first kappa shape index (κ1) is 15.2. The number of amides is 1. The summed E-state index contributed by atoms with van der Waals surface area (Å²) in [5, 5.41) is 3.17. The Balaban J connectivity index is 1.72. The van der Waals surface area contributed by atoms with Crippen molar-refractivity contribution in [2.75, 3.05) is 5.32 Å². The minimum Gasteiger partial charge on any atom is -0.443 e. The smallest absolute Gasteiger partial charge is 0.228 e. The molecule has 1 amide bonds. The van der Waals surface area contributed by atoms with Crippen molar-refractivity contribution in [3.8, 4) is 11.3 Å². The van der Waals surface area contributed by atoms with E-state index in [0.717, 1.165) is 0 Å². The van der Waals surface area contributed by atoms with Crippen LogP contribution in [0.3, 0.4) is 0 Å². The minimum atomic E-state index is -0.503. The maximum Gasteiger partial charge on any atom is 0.228 e. The van der Waals surface area contributed by atoms with Crippen LogP contribution in [0.1, 0.15) is 5.56 Å². The van der Waals surface area contributed by atoms with Gasteiger partial charge in [0.25, 0.3) is 0 Å². The molecule has 1 aromatic heterocycles. The first-order chi connectivity index (χ1) is 11.1. The van der Waals surface area contributed by atoms with Gasteiger partial charge in [-0.25, -0.2) is 9.37 Å². The van der Waals surface area contributed by atoms with E-state index in [-0.39, 0.29) is 17.9 Å². The van der Waals surface area contributed by atoms with Crippen molar-refractivity contribution in [1.82, 2.24) is 4.98 Å². The van der Waals surface area contributed by atoms with Gasteiger partial charge in [0.2, 0.25) is 5.91 Å². The minimum absolute atomic E-state index is 0.116. The zero-order valence-electron chi connectivity index (χ0n) is 11.9.